The van der Waals surface area contributed by atoms with Gasteiger partial charge in [-0.25, -0.2) is 0 Å². The van der Waals surface area contributed by atoms with E-state index < -0.39 is 11.8 Å². The fraction of sp³-hybridized carbons (Fsp3) is 0. The maximum absolute atomic E-state index is 12.9. The zero-order valence-electron chi connectivity index (χ0n) is 12.5. The van der Waals surface area contributed by atoms with E-state index in [1.54, 1.807) is 53.0 Å². The van der Waals surface area contributed by atoms with Crippen molar-refractivity contribution in [1.29, 1.82) is 0 Å². The van der Waals surface area contributed by atoms with E-state index in [4.69, 9.17) is 23.8 Å². The number of hydrogen-bond donors (Lipinski definition) is 1. The molecule has 0 radical (unpaired) electrons. The average Bonchev–Trinajstić information content (AvgIpc) is 3.14. The Kier molecular flexibility index (Phi) is 4.16. The molecule has 3 aromatic rings. The lowest BCUT2D eigenvalue weighted by Crippen LogP contribution is -2.54. The third-order valence-electron chi connectivity index (χ3n) is 3.64. The molecular weight excluding hydrogens is 396 g/mol. The van der Waals surface area contributed by atoms with Gasteiger partial charge < -0.3 is 0 Å². The lowest BCUT2D eigenvalue weighted by molar-refractivity contribution is -0.122. The highest BCUT2D eigenvalue weighted by Crippen LogP contribution is 2.32. The van der Waals surface area contributed by atoms with E-state index in [1.165, 1.54) is 4.90 Å². The predicted molar refractivity (Wildman–Crippen MR) is 107 cm³/mol. The number of rotatable bonds is 2. The van der Waals surface area contributed by atoms with Crippen molar-refractivity contribution in [2.24, 2.45) is 0 Å². The van der Waals surface area contributed by atoms with E-state index >= 15 is 0 Å². The van der Waals surface area contributed by atoms with E-state index in [9.17, 15) is 9.59 Å². The average molecular weight is 405 g/mol. The highest BCUT2D eigenvalue weighted by atomic mass is 35.5. The number of halogens is 1. The summed E-state index contributed by atoms with van der Waals surface area (Å²) in [6, 6.07) is 10.7. The molecule has 1 saturated heterocycles. The van der Waals surface area contributed by atoms with Crippen LogP contribution in [0.5, 0.6) is 0 Å². The van der Waals surface area contributed by atoms with Crippen molar-refractivity contribution in [1.82, 2.24) is 5.32 Å². The van der Waals surface area contributed by atoms with Crippen LogP contribution in [0.2, 0.25) is 5.02 Å². The van der Waals surface area contributed by atoms with Crippen LogP contribution in [0.15, 0.2) is 47.4 Å². The van der Waals surface area contributed by atoms with E-state index in [2.05, 4.69) is 5.32 Å². The van der Waals surface area contributed by atoms with Gasteiger partial charge in [-0.05, 0) is 60.1 Å². The predicted octanol–water partition coefficient (Wildman–Crippen LogP) is 4.45. The van der Waals surface area contributed by atoms with Crippen LogP contribution in [0.1, 0.15) is 4.88 Å². The number of carbonyl (C=O) groups is 2. The van der Waals surface area contributed by atoms with Gasteiger partial charge in [0.25, 0.3) is 11.8 Å². The zero-order valence-corrected chi connectivity index (χ0v) is 15.7. The van der Waals surface area contributed by atoms with E-state index in [0.29, 0.717) is 10.7 Å². The molecule has 0 saturated carbocycles. The molecule has 2 amide bonds. The monoisotopic (exact) mass is 404 g/mol. The van der Waals surface area contributed by atoms with Crippen LogP contribution in [-0.4, -0.2) is 16.9 Å². The van der Waals surface area contributed by atoms with Gasteiger partial charge in [-0.1, -0.05) is 11.6 Å². The Morgan fingerprint density at radius 2 is 1.92 bits per heavy atom. The first-order chi connectivity index (χ1) is 12.0. The van der Waals surface area contributed by atoms with Crippen LogP contribution >= 0.6 is 46.5 Å². The van der Waals surface area contributed by atoms with E-state index in [0.717, 1.165) is 14.3 Å². The molecule has 0 bridgehead atoms. The second kappa shape index (κ2) is 6.34. The van der Waals surface area contributed by atoms with Gasteiger partial charge >= 0.3 is 0 Å². The Morgan fingerprint density at radius 3 is 2.64 bits per heavy atom. The first kappa shape index (κ1) is 16.4. The van der Waals surface area contributed by atoms with Crippen molar-refractivity contribution in [3.05, 3.63) is 57.3 Å². The number of thiophene rings is 2. The van der Waals surface area contributed by atoms with E-state index in [1.807, 2.05) is 17.5 Å². The standard InChI is InChI=1S/C17H9ClN2O2S3/c18-10-1-3-11(4-2-10)20-15(22)13(14(21)19-17(20)23)8-12-7-9-5-6-24-16(9)25-12/h1-8H,(H,19,21,23)/b13-8+. The number of hydrogen-bond acceptors (Lipinski definition) is 5. The number of carbonyl (C=O) groups excluding carboxylic acids is 2. The first-order valence-electron chi connectivity index (χ1n) is 7.17. The lowest BCUT2D eigenvalue weighted by atomic mass is 10.1. The van der Waals surface area contributed by atoms with Crippen LogP contribution in [-0.2, 0) is 9.59 Å². The number of benzene rings is 1. The maximum atomic E-state index is 12.9. The number of nitrogens with zero attached hydrogens (tertiary/aromatic N) is 1. The van der Waals surface area contributed by atoms with Gasteiger partial charge in [-0.2, -0.15) is 0 Å². The van der Waals surface area contributed by atoms with Crippen molar-refractivity contribution < 1.29 is 9.59 Å². The summed E-state index contributed by atoms with van der Waals surface area (Å²) >= 11 is 14.2. The molecule has 2 aromatic heterocycles. The minimum Gasteiger partial charge on any atom is -0.298 e. The minimum atomic E-state index is -0.489. The smallest absolute Gasteiger partial charge is 0.270 e. The summed E-state index contributed by atoms with van der Waals surface area (Å²) in [5.41, 5.74) is 0.606. The van der Waals surface area contributed by atoms with Crippen molar-refractivity contribution in [2.75, 3.05) is 4.90 Å². The zero-order chi connectivity index (χ0) is 17.6. The molecule has 0 spiro atoms. The Morgan fingerprint density at radius 1 is 1.16 bits per heavy atom. The van der Waals surface area contributed by atoms with Crippen LogP contribution < -0.4 is 10.2 Å². The normalized spacial score (nSPS) is 16.8. The Bertz CT molecular complexity index is 1020. The van der Waals surface area contributed by atoms with Gasteiger partial charge in [0.05, 0.1) is 9.70 Å². The maximum Gasteiger partial charge on any atom is 0.270 e. The first-order valence-corrected chi connectivity index (χ1v) is 9.65. The summed E-state index contributed by atoms with van der Waals surface area (Å²) in [6.07, 6.45) is 1.61. The largest absolute Gasteiger partial charge is 0.298 e. The molecule has 1 aromatic carbocycles. The number of amides is 2. The molecule has 0 unspecified atom stereocenters. The van der Waals surface area contributed by atoms with Crippen molar-refractivity contribution in [3.8, 4) is 0 Å². The van der Waals surface area contributed by atoms with Gasteiger partial charge in [0.15, 0.2) is 5.11 Å². The van der Waals surface area contributed by atoms with Gasteiger partial charge in [-0.3, -0.25) is 19.8 Å². The third-order valence-corrected chi connectivity index (χ3v) is 6.33. The summed E-state index contributed by atoms with van der Waals surface area (Å²) in [6.45, 7) is 0. The summed E-state index contributed by atoms with van der Waals surface area (Å²) in [5.74, 6) is -0.940. The Labute approximate surface area is 161 Å². The molecule has 25 heavy (non-hydrogen) atoms. The third kappa shape index (κ3) is 3.00. The van der Waals surface area contributed by atoms with E-state index in [-0.39, 0.29) is 10.7 Å². The number of thiocarbonyl (C=S) groups is 1. The fourth-order valence-electron chi connectivity index (χ4n) is 2.48. The van der Waals surface area contributed by atoms with Gasteiger partial charge in [-0.15, -0.1) is 22.7 Å². The second-order valence-electron chi connectivity index (χ2n) is 5.25. The molecule has 1 aliphatic rings. The van der Waals surface area contributed by atoms with Crippen LogP contribution in [0.4, 0.5) is 5.69 Å². The Balaban J connectivity index is 1.74. The van der Waals surface area contributed by atoms with Crippen LogP contribution in [0.25, 0.3) is 15.5 Å². The van der Waals surface area contributed by atoms with Gasteiger partial charge in [0, 0.05) is 15.3 Å². The second-order valence-corrected chi connectivity index (χ2v) is 8.33. The highest BCUT2D eigenvalue weighted by Gasteiger charge is 2.34. The molecule has 1 aliphatic heterocycles. The Hall–Kier alpha value is -2.06. The van der Waals surface area contributed by atoms with Gasteiger partial charge in [0.1, 0.15) is 5.57 Å². The highest BCUT2D eigenvalue weighted by molar-refractivity contribution is 7.80. The molecule has 0 atom stereocenters. The molecule has 4 rings (SSSR count). The molecule has 1 N–H and O–H groups in total. The molecular formula is C17H9ClN2O2S3. The molecule has 1 fully saturated rings. The molecule has 0 aliphatic carbocycles. The lowest BCUT2D eigenvalue weighted by Gasteiger charge is -2.28. The van der Waals surface area contributed by atoms with Crippen LogP contribution in [0, 0.1) is 0 Å². The summed E-state index contributed by atoms with van der Waals surface area (Å²) < 4.78 is 1.15. The molecule has 4 nitrogen and oxygen atoms in total. The number of fused-ring (bicyclic) bond motifs is 1. The molecule has 124 valence electrons. The number of anilines is 1. The molecule has 3 heterocycles. The van der Waals surface area contributed by atoms with Crippen molar-refractivity contribution in [2.45, 2.75) is 0 Å². The topological polar surface area (TPSA) is 49.4 Å². The van der Waals surface area contributed by atoms with Crippen molar-refractivity contribution >= 4 is 84.6 Å². The SMILES string of the molecule is O=C1NC(=S)N(c2ccc(Cl)cc2)C(=O)/C1=C/c1cc2ccsc2s1. The van der Waals surface area contributed by atoms with Crippen LogP contribution in [0.3, 0.4) is 0 Å². The fourth-order valence-corrected chi connectivity index (χ4v) is 4.96. The van der Waals surface area contributed by atoms with Crippen molar-refractivity contribution in [3.63, 3.8) is 0 Å². The minimum absolute atomic E-state index is 0.0532. The van der Waals surface area contributed by atoms with Gasteiger partial charge in [0.2, 0.25) is 0 Å². The number of nitrogens with one attached hydrogen (secondary N) is 1. The summed E-state index contributed by atoms with van der Waals surface area (Å²) in [7, 11) is 0. The molecule has 8 heteroatoms. The quantitative estimate of drug-likeness (QED) is 0.390. The summed E-state index contributed by atoms with van der Waals surface area (Å²) in [4.78, 5) is 27.3. The summed E-state index contributed by atoms with van der Waals surface area (Å²) in [5, 5.41) is 6.30.